The molecule has 0 aliphatic carbocycles. The van der Waals surface area contributed by atoms with Crippen molar-refractivity contribution in [3.8, 4) is 6.07 Å². The second-order valence-corrected chi connectivity index (χ2v) is 5.49. The number of aromatic nitrogens is 1. The maximum atomic E-state index is 13.3. The summed E-state index contributed by atoms with van der Waals surface area (Å²) in [5.74, 6) is 0. The van der Waals surface area contributed by atoms with E-state index in [0.29, 0.717) is 36.7 Å². The number of nitriles is 1. The lowest BCUT2D eigenvalue weighted by Gasteiger charge is -2.31. The SMILES string of the molecule is N#Cc1c(C(F)(F)F)nc2ccc(Cl)cc2c1N1CCOCC1. The van der Waals surface area contributed by atoms with Crippen molar-refractivity contribution in [2.75, 3.05) is 31.2 Å². The summed E-state index contributed by atoms with van der Waals surface area (Å²) in [5, 5.41) is 10.1. The first kappa shape index (κ1) is 15.8. The maximum absolute atomic E-state index is 13.3. The molecule has 0 saturated carbocycles. The van der Waals surface area contributed by atoms with E-state index in [2.05, 4.69) is 4.98 Å². The second-order valence-electron chi connectivity index (χ2n) is 5.05. The molecule has 0 amide bonds. The summed E-state index contributed by atoms with van der Waals surface area (Å²) in [7, 11) is 0. The van der Waals surface area contributed by atoms with E-state index in [0.717, 1.165) is 0 Å². The number of anilines is 1. The Balaban J connectivity index is 2.36. The first-order chi connectivity index (χ1) is 10.9. The highest BCUT2D eigenvalue weighted by molar-refractivity contribution is 6.31. The Morgan fingerprint density at radius 2 is 1.96 bits per heavy atom. The quantitative estimate of drug-likeness (QED) is 0.795. The molecule has 0 radical (unpaired) electrons. The van der Waals surface area contributed by atoms with Crippen LogP contribution in [0.2, 0.25) is 5.02 Å². The molecule has 1 aliphatic heterocycles. The summed E-state index contributed by atoms with van der Waals surface area (Å²) in [4.78, 5) is 5.37. The molecule has 1 aromatic heterocycles. The standard InChI is InChI=1S/C15H11ClF3N3O/c16-9-1-2-12-10(7-9)13(22-3-5-23-6-4-22)11(8-20)14(21-12)15(17,18)19/h1-2,7H,3-6H2. The number of fused-ring (bicyclic) bond motifs is 1. The number of halogens is 4. The van der Waals surface area contributed by atoms with Crippen molar-refractivity contribution < 1.29 is 17.9 Å². The number of ether oxygens (including phenoxy) is 1. The molecule has 1 aromatic carbocycles. The highest BCUT2D eigenvalue weighted by Crippen LogP contribution is 2.39. The van der Waals surface area contributed by atoms with E-state index >= 15 is 0 Å². The van der Waals surface area contributed by atoms with E-state index in [-0.39, 0.29) is 11.2 Å². The molecule has 0 spiro atoms. The normalized spacial score (nSPS) is 15.7. The van der Waals surface area contributed by atoms with Crippen LogP contribution in [0.3, 0.4) is 0 Å². The zero-order chi connectivity index (χ0) is 16.6. The average Bonchev–Trinajstić information content (AvgIpc) is 2.53. The van der Waals surface area contributed by atoms with Crippen LogP contribution in [-0.2, 0) is 10.9 Å². The van der Waals surface area contributed by atoms with Gasteiger partial charge in [0, 0.05) is 23.5 Å². The zero-order valence-corrected chi connectivity index (χ0v) is 12.6. The Morgan fingerprint density at radius 3 is 2.57 bits per heavy atom. The molecule has 1 saturated heterocycles. The topological polar surface area (TPSA) is 49.2 Å². The van der Waals surface area contributed by atoms with Crippen molar-refractivity contribution in [1.29, 1.82) is 5.26 Å². The molecule has 120 valence electrons. The Kier molecular flexibility index (Phi) is 4.04. The van der Waals surface area contributed by atoms with Gasteiger partial charge in [-0.1, -0.05) is 11.6 Å². The fourth-order valence-corrected chi connectivity index (χ4v) is 2.82. The number of hydrogen-bond donors (Lipinski definition) is 0. The Hall–Kier alpha value is -2.04. The fraction of sp³-hybridized carbons (Fsp3) is 0.333. The van der Waals surface area contributed by atoms with Crippen LogP contribution in [0, 0.1) is 11.3 Å². The van der Waals surface area contributed by atoms with Gasteiger partial charge in [0.25, 0.3) is 0 Å². The van der Waals surface area contributed by atoms with Crippen molar-refractivity contribution in [2.24, 2.45) is 0 Å². The first-order valence-corrected chi connectivity index (χ1v) is 7.23. The second kappa shape index (κ2) is 5.87. The van der Waals surface area contributed by atoms with Gasteiger partial charge in [-0.25, -0.2) is 4.98 Å². The minimum Gasteiger partial charge on any atom is -0.378 e. The van der Waals surface area contributed by atoms with Gasteiger partial charge in [-0.3, -0.25) is 0 Å². The van der Waals surface area contributed by atoms with Crippen LogP contribution in [0.1, 0.15) is 11.3 Å². The van der Waals surface area contributed by atoms with Crippen molar-refractivity contribution >= 4 is 28.2 Å². The smallest absolute Gasteiger partial charge is 0.378 e. The molecule has 3 rings (SSSR count). The molecular formula is C15H11ClF3N3O. The highest BCUT2D eigenvalue weighted by Gasteiger charge is 2.38. The van der Waals surface area contributed by atoms with E-state index in [1.165, 1.54) is 18.2 Å². The number of rotatable bonds is 1. The van der Waals surface area contributed by atoms with Gasteiger partial charge in [-0.05, 0) is 18.2 Å². The van der Waals surface area contributed by atoms with Crippen molar-refractivity contribution in [3.63, 3.8) is 0 Å². The van der Waals surface area contributed by atoms with Crippen molar-refractivity contribution in [3.05, 3.63) is 34.5 Å². The van der Waals surface area contributed by atoms with Gasteiger partial charge in [0.05, 0.1) is 24.4 Å². The fourth-order valence-electron chi connectivity index (χ4n) is 2.65. The summed E-state index contributed by atoms with van der Waals surface area (Å²) in [6.07, 6.45) is -4.71. The van der Waals surface area contributed by atoms with Crippen LogP contribution < -0.4 is 4.90 Å². The average molecular weight is 342 g/mol. The molecule has 8 heteroatoms. The zero-order valence-electron chi connectivity index (χ0n) is 11.8. The predicted octanol–water partition coefficient (Wildman–Crippen LogP) is 3.62. The summed E-state index contributed by atoms with van der Waals surface area (Å²) in [6.45, 7) is 1.57. The summed E-state index contributed by atoms with van der Waals surface area (Å²) >= 11 is 5.98. The van der Waals surface area contributed by atoms with E-state index in [4.69, 9.17) is 16.3 Å². The van der Waals surface area contributed by atoms with Crippen LogP contribution in [0.15, 0.2) is 18.2 Å². The van der Waals surface area contributed by atoms with Crippen LogP contribution in [0.4, 0.5) is 18.9 Å². The number of hydrogen-bond acceptors (Lipinski definition) is 4. The molecule has 2 aromatic rings. The molecule has 1 fully saturated rings. The van der Waals surface area contributed by atoms with Gasteiger partial charge >= 0.3 is 6.18 Å². The summed E-state index contributed by atoms with van der Waals surface area (Å²) in [6, 6.07) is 6.12. The van der Waals surface area contributed by atoms with Gasteiger partial charge in [-0.2, -0.15) is 18.4 Å². The number of nitrogens with zero attached hydrogens (tertiary/aromatic N) is 3. The van der Waals surface area contributed by atoms with E-state index in [9.17, 15) is 18.4 Å². The number of morpholine rings is 1. The van der Waals surface area contributed by atoms with Crippen molar-refractivity contribution in [1.82, 2.24) is 4.98 Å². The van der Waals surface area contributed by atoms with E-state index < -0.39 is 17.4 Å². The predicted molar refractivity (Wildman–Crippen MR) is 79.5 cm³/mol. The van der Waals surface area contributed by atoms with Crippen LogP contribution in [0.25, 0.3) is 10.9 Å². The third kappa shape index (κ3) is 2.92. The van der Waals surface area contributed by atoms with Crippen LogP contribution in [-0.4, -0.2) is 31.3 Å². The number of pyridine rings is 1. The summed E-state index contributed by atoms with van der Waals surface area (Å²) < 4.78 is 45.2. The molecule has 23 heavy (non-hydrogen) atoms. The molecule has 4 nitrogen and oxygen atoms in total. The molecule has 0 bridgehead atoms. The molecule has 1 aliphatic rings. The monoisotopic (exact) mass is 341 g/mol. The molecule has 0 atom stereocenters. The molecule has 0 unspecified atom stereocenters. The molecule has 0 N–H and O–H groups in total. The van der Waals surface area contributed by atoms with Gasteiger partial charge in [0.15, 0.2) is 5.69 Å². The largest absolute Gasteiger partial charge is 0.434 e. The van der Waals surface area contributed by atoms with Gasteiger partial charge in [-0.15, -0.1) is 0 Å². The minimum atomic E-state index is -4.71. The third-order valence-electron chi connectivity index (χ3n) is 3.63. The Labute approximate surface area is 135 Å². The number of alkyl halides is 3. The number of benzene rings is 1. The molecule has 2 heterocycles. The van der Waals surface area contributed by atoms with Gasteiger partial charge in [0.1, 0.15) is 11.6 Å². The van der Waals surface area contributed by atoms with Crippen LogP contribution >= 0.6 is 11.6 Å². The van der Waals surface area contributed by atoms with Crippen LogP contribution in [0.5, 0.6) is 0 Å². The van der Waals surface area contributed by atoms with E-state index in [1.807, 2.05) is 0 Å². The Bertz CT molecular complexity index is 795. The maximum Gasteiger partial charge on any atom is 0.434 e. The van der Waals surface area contributed by atoms with Gasteiger partial charge in [0.2, 0.25) is 0 Å². The lowest BCUT2D eigenvalue weighted by molar-refractivity contribution is -0.141. The minimum absolute atomic E-state index is 0.155. The highest BCUT2D eigenvalue weighted by atomic mass is 35.5. The van der Waals surface area contributed by atoms with Gasteiger partial charge < -0.3 is 9.64 Å². The molecular weight excluding hydrogens is 331 g/mol. The van der Waals surface area contributed by atoms with E-state index in [1.54, 1.807) is 11.0 Å². The first-order valence-electron chi connectivity index (χ1n) is 6.85. The summed E-state index contributed by atoms with van der Waals surface area (Å²) in [5.41, 5.74) is -1.27. The third-order valence-corrected chi connectivity index (χ3v) is 3.86. The van der Waals surface area contributed by atoms with Crippen molar-refractivity contribution in [2.45, 2.75) is 6.18 Å². The Morgan fingerprint density at radius 1 is 1.26 bits per heavy atom. The lowest BCUT2D eigenvalue weighted by Crippen LogP contribution is -2.37. The lowest BCUT2D eigenvalue weighted by atomic mass is 10.0.